The first-order chi connectivity index (χ1) is 12.3. The highest BCUT2D eigenvalue weighted by atomic mass is 16.1. The molecule has 1 N–H and O–H groups in total. The van der Waals surface area contributed by atoms with E-state index in [2.05, 4.69) is 57.3 Å². The van der Waals surface area contributed by atoms with Gasteiger partial charge in [0.05, 0.1) is 23.3 Å². The van der Waals surface area contributed by atoms with Crippen molar-refractivity contribution in [3.05, 3.63) is 59.2 Å². The summed E-state index contributed by atoms with van der Waals surface area (Å²) in [6.45, 7) is 8.57. The fourth-order valence-corrected chi connectivity index (χ4v) is 4.27. The number of benzene rings is 2. The van der Waals surface area contributed by atoms with Crippen molar-refractivity contribution < 1.29 is 4.79 Å². The zero-order valence-electron chi connectivity index (χ0n) is 16.0. The third kappa shape index (κ3) is 2.96. The Balaban J connectivity index is 1.90. The van der Waals surface area contributed by atoms with Crippen molar-refractivity contribution in [3.8, 4) is 0 Å². The lowest BCUT2D eigenvalue weighted by Gasteiger charge is -2.37. The molecule has 1 fully saturated rings. The fourth-order valence-electron chi connectivity index (χ4n) is 4.27. The molecular formula is C23H26N2O. The van der Waals surface area contributed by atoms with Crippen molar-refractivity contribution in [2.75, 3.05) is 5.32 Å². The standard InChI is InChI=1S/C23H26N2O/c1-14-10-17-18(11-15(14)2)25-22(16-8-6-5-7-9-16)21-19(24-17)12-23(3,4)13-20(21)26/h5-11,21-22,25H,12-13H2,1-4H3/t21?,22-/m0/s1. The van der Waals surface area contributed by atoms with E-state index >= 15 is 0 Å². The number of hydrogen-bond acceptors (Lipinski definition) is 3. The summed E-state index contributed by atoms with van der Waals surface area (Å²) in [7, 11) is 0. The van der Waals surface area contributed by atoms with Crippen LogP contribution in [-0.4, -0.2) is 11.5 Å². The number of aliphatic imine (C=N–C) groups is 1. The molecule has 0 radical (unpaired) electrons. The van der Waals surface area contributed by atoms with E-state index in [0.29, 0.717) is 12.2 Å². The van der Waals surface area contributed by atoms with Crippen LogP contribution in [0.1, 0.15) is 49.4 Å². The molecule has 0 amide bonds. The molecule has 1 heterocycles. The average molecular weight is 346 g/mol. The Labute approximate surface area is 155 Å². The van der Waals surface area contributed by atoms with E-state index in [1.54, 1.807) is 0 Å². The molecule has 2 aromatic rings. The van der Waals surface area contributed by atoms with Crippen molar-refractivity contribution in [3.63, 3.8) is 0 Å². The molecule has 0 aromatic heterocycles. The summed E-state index contributed by atoms with van der Waals surface area (Å²) in [6, 6.07) is 14.5. The first-order valence-electron chi connectivity index (χ1n) is 9.37. The van der Waals surface area contributed by atoms with Gasteiger partial charge in [-0.05, 0) is 54.5 Å². The van der Waals surface area contributed by atoms with Gasteiger partial charge in [0, 0.05) is 12.1 Å². The van der Waals surface area contributed by atoms with Gasteiger partial charge in [-0.2, -0.15) is 0 Å². The molecule has 4 rings (SSSR count). The summed E-state index contributed by atoms with van der Waals surface area (Å²) in [5, 5.41) is 3.67. The van der Waals surface area contributed by atoms with E-state index < -0.39 is 0 Å². The minimum atomic E-state index is -0.196. The molecule has 0 saturated heterocycles. The molecule has 1 saturated carbocycles. The second kappa shape index (κ2) is 6.08. The maximum atomic E-state index is 13.1. The van der Waals surface area contributed by atoms with Crippen LogP contribution in [0, 0.1) is 25.2 Å². The molecule has 2 aromatic carbocycles. The van der Waals surface area contributed by atoms with Crippen molar-refractivity contribution in [1.82, 2.24) is 0 Å². The molecule has 2 aliphatic rings. The van der Waals surface area contributed by atoms with E-state index in [1.807, 2.05) is 18.2 Å². The van der Waals surface area contributed by atoms with Gasteiger partial charge in [-0.1, -0.05) is 44.2 Å². The Kier molecular flexibility index (Phi) is 3.98. The average Bonchev–Trinajstić information content (AvgIpc) is 2.72. The summed E-state index contributed by atoms with van der Waals surface area (Å²) >= 11 is 0. The summed E-state index contributed by atoms with van der Waals surface area (Å²) < 4.78 is 0. The maximum absolute atomic E-state index is 13.1. The number of carbonyl (C=O) groups excluding carboxylic acids is 1. The van der Waals surface area contributed by atoms with Crippen molar-refractivity contribution in [2.24, 2.45) is 16.3 Å². The molecule has 26 heavy (non-hydrogen) atoms. The lowest BCUT2D eigenvalue weighted by atomic mass is 9.68. The second-order valence-corrected chi connectivity index (χ2v) is 8.55. The predicted molar refractivity (Wildman–Crippen MR) is 107 cm³/mol. The topological polar surface area (TPSA) is 41.5 Å². The molecule has 3 heteroatoms. The highest BCUT2D eigenvalue weighted by molar-refractivity contribution is 6.10. The first-order valence-corrected chi connectivity index (χ1v) is 9.37. The Bertz CT molecular complexity index is 896. The van der Waals surface area contributed by atoms with Crippen LogP contribution in [0.25, 0.3) is 0 Å². The molecule has 134 valence electrons. The van der Waals surface area contributed by atoms with Crippen LogP contribution in [-0.2, 0) is 4.79 Å². The van der Waals surface area contributed by atoms with Gasteiger partial charge < -0.3 is 5.32 Å². The van der Waals surface area contributed by atoms with Gasteiger partial charge in [-0.3, -0.25) is 9.79 Å². The number of aryl methyl sites for hydroxylation is 2. The third-order valence-corrected chi connectivity index (χ3v) is 5.70. The van der Waals surface area contributed by atoms with Gasteiger partial charge in [0.2, 0.25) is 0 Å². The molecular weight excluding hydrogens is 320 g/mol. The maximum Gasteiger partial charge on any atom is 0.144 e. The van der Waals surface area contributed by atoms with E-state index in [9.17, 15) is 4.79 Å². The van der Waals surface area contributed by atoms with Gasteiger partial charge >= 0.3 is 0 Å². The van der Waals surface area contributed by atoms with Gasteiger partial charge in [-0.25, -0.2) is 0 Å². The number of anilines is 1. The molecule has 0 bridgehead atoms. The van der Waals surface area contributed by atoms with E-state index in [0.717, 1.165) is 29.1 Å². The Morgan fingerprint density at radius 2 is 1.73 bits per heavy atom. The Morgan fingerprint density at radius 1 is 1.04 bits per heavy atom. The Hall–Kier alpha value is -2.42. The van der Waals surface area contributed by atoms with Gasteiger partial charge in [0.25, 0.3) is 0 Å². The number of nitrogens with one attached hydrogen (secondary N) is 1. The van der Waals surface area contributed by atoms with E-state index in [-0.39, 0.29) is 17.4 Å². The van der Waals surface area contributed by atoms with E-state index in [4.69, 9.17) is 4.99 Å². The number of hydrogen-bond donors (Lipinski definition) is 1. The summed E-state index contributed by atoms with van der Waals surface area (Å²) in [5.74, 6) is 0.0982. The predicted octanol–water partition coefficient (Wildman–Crippen LogP) is 5.55. The number of Topliss-reactive ketones (excluding diaryl/α,β-unsaturated/α-hetero) is 1. The Morgan fingerprint density at radius 3 is 2.46 bits per heavy atom. The van der Waals surface area contributed by atoms with Crippen LogP contribution in [0.5, 0.6) is 0 Å². The highest BCUT2D eigenvalue weighted by Gasteiger charge is 2.43. The normalized spacial score (nSPS) is 24.0. The minimum Gasteiger partial charge on any atom is -0.375 e. The zero-order chi connectivity index (χ0) is 18.5. The molecule has 1 aliphatic carbocycles. The lowest BCUT2D eigenvalue weighted by Crippen LogP contribution is -2.42. The van der Waals surface area contributed by atoms with Crippen LogP contribution in [0.3, 0.4) is 0 Å². The largest absolute Gasteiger partial charge is 0.375 e. The second-order valence-electron chi connectivity index (χ2n) is 8.55. The summed E-state index contributed by atoms with van der Waals surface area (Å²) in [4.78, 5) is 18.2. The molecule has 2 atom stereocenters. The number of nitrogens with zero attached hydrogens (tertiary/aromatic N) is 1. The SMILES string of the molecule is Cc1cc2c(cc1C)N[C@@H](c1ccccc1)C1C(=O)CC(C)(C)CC1=N2. The van der Waals surface area contributed by atoms with E-state index in [1.165, 1.54) is 11.1 Å². The van der Waals surface area contributed by atoms with Crippen LogP contribution >= 0.6 is 0 Å². The number of fused-ring (bicyclic) bond motifs is 2. The smallest absolute Gasteiger partial charge is 0.144 e. The first kappa shape index (κ1) is 17.0. The number of carbonyl (C=O) groups is 1. The summed E-state index contributed by atoms with van der Waals surface area (Å²) in [6.07, 6.45) is 1.47. The van der Waals surface area contributed by atoms with Crippen molar-refractivity contribution >= 4 is 22.9 Å². The molecule has 1 unspecified atom stereocenters. The van der Waals surface area contributed by atoms with Crippen LogP contribution < -0.4 is 5.32 Å². The van der Waals surface area contributed by atoms with Crippen molar-refractivity contribution in [2.45, 2.75) is 46.6 Å². The van der Waals surface area contributed by atoms with Crippen LogP contribution in [0.4, 0.5) is 11.4 Å². The minimum absolute atomic E-state index is 0.0299. The van der Waals surface area contributed by atoms with Gasteiger partial charge in [0.15, 0.2) is 0 Å². The quantitative estimate of drug-likeness (QED) is 0.735. The third-order valence-electron chi connectivity index (χ3n) is 5.70. The monoisotopic (exact) mass is 346 g/mol. The zero-order valence-corrected chi connectivity index (χ0v) is 16.0. The molecule has 3 nitrogen and oxygen atoms in total. The molecule has 1 aliphatic heterocycles. The highest BCUT2D eigenvalue weighted by Crippen LogP contribution is 2.45. The number of rotatable bonds is 1. The lowest BCUT2D eigenvalue weighted by molar-refractivity contribution is -0.124. The van der Waals surface area contributed by atoms with Gasteiger partial charge in [-0.15, -0.1) is 0 Å². The van der Waals surface area contributed by atoms with Crippen LogP contribution in [0.2, 0.25) is 0 Å². The number of ketones is 1. The molecule has 0 spiro atoms. The fraction of sp³-hybridized carbons (Fsp3) is 0.391. The summed E-state index contributed by atoms with van der Waals surface area (Å²) in [5.41, 5.74) is 6.58. The van der Waals surface area contributed by atoms with Crippen molar-refractivity contribution in [1.29, 1.82) is 0 Å². The van der Waals surface area contributed by atoms with Gasteiger partial charge in [0.1, 0.15) is 5.78 Å². The van der Waals surface area contributed by atoms with Crippen LogP contribution in [0.15, 0.2) is 47.5 Å².